The zero-order valence-corrected chi connectivity index (χ0v) is 15.0. The van der Waals surface area contributed by atoms with Gasteiger partial charge in [-0.25, -0.2) is 9.59 Å². The lowest BCUT2D eigenvalue weighted by Crippen LogP contribution is -2.18. The minimum absolute atomic E-state index is 0.227. The van der Waals surface area contributed by atoms with Crippen LogP contribution in [0.4, 0.5) is 0 Å². The number of carbonyl (C=O) groups is 2. The highest BCUT2D eigenvalue weighted by Gasteiger charge is 2.12. The van der Waals surface area contributed by atoms with E-state index >= 15 is 0 Å². The van der Waals surface area contributed by atoms with E-state index in [0.717, 1.165) is 5.56 Å². The number of hydrogen-bond acceptors (Lipinski definition) is 5. The molecule has 0 saturated carbocycles. The van der Waals surface area contributed by atoms with Crippen LogP contribution in [0.5, 0.6) is 11.5 Å². The van der Waals surface area contributed by atoms with Crippen LogP contribution in [0.15, 0.2) is 42.5 Å². The second kappa shape index (κ2) is 8.53. The Morgan fingerprint density at radius 1 is 1.12 bits per heavy atom. The fraction of sp³-hybridized carbons (Fsp3) is 0.263. The summed E-state index contributed by atoms with van der Waals surface area (Å²) in [7, 11) is 0. The van der Waals surface area contributed by atoms with Crippen LogP contribution in [0, 0.1) is 6.92 Å². The second-order valence-electron chi connectivity index (χ2n) is 5.65. The maximum Gasteiger partial charge on any atom is 0.349 e. The zero-order chi connectivity index (χ0) is 18.4. The van der Waals surface area contributed by atoms with Crippen molar-refractivity contribution in [2.75, 3.05) is 6.61 Å². The molecule has 2 aromatic carbocycles. The minimum atomic E-state index is -0.580. The Labute approximate surface area is 151 Å². The van der Waals surface area contributed by atoms with Crippen LogP contribution in [0.25, 0.3) is 0 Å². The topological polar surface area (TPSA) is 61.8 Å². The number of ether oxygens (including phenoxy) is 3. The molecule has 2 rings (SSSR count). The summed E-state index contributed by atoms with van der Waals surface area (Å²) >= 11 is 5.87. The molecule has 0 aliphatic carbocycles. The molecule has 25 heavy (non-hydrogen) atoms. The Bertz CT molecular complexity index is 770. The van der Waals surface area contributed by atoms with Crippen molar-refractivity contribution in [1.82, 2.24) is 0 Å². The first-order valence-corrected chi connectivity index (χ1v) is 8.13. The van der Waals surface area contributed by atoms with E-state index < -0.39 is 11.9 Å². The first-order chi connectivity index (χ1) is 11.8. The van der Waals surface area contributed by atoms with Gasteiger partial charge in [-0.15, -0.1) is 0 Å². The molecule has 132 valence electrons. The predicted octanol–water partition coefficient (Wildman–Crippen LogP) is 4.20. The fourth-order valence-electron chi connectivity index (χ4n) is 2.04. The van der Waals surface area contributed by atoms with E-state index in [9.17, 15) is 9.59 Å². The van der Waals surface area contributed by atoms with Crippen LogP contribution < -0.4 is 9.47 Å². The highest BCUT2D eigenvalue weighted by atomic mass is 35.5. The lowest BCUT2D eigenvalue weighted by Gasteiger charge is -2.10. The molecular formula is C19H19ClO5. The van der Waals surface area contributed by atoms with E-state index in [0.29, 0.717) is 16.3 Å². The van der Waals surface area contributed by atoms with E-state index in [4.69, 9.17) is 25.8 Å². The summed E-state index contributed by atoms with van der Waals surface area (Å²) in [5.41, 5.74) is 1.13. The second-order valence-corrected chi connectivity index (χ2v) is 6.09. The van der Waals surface area contributed by atoms with Crippen molar-refractivity contribution in [3.63, 3.8) is 0 Å². The van der Waals surface area contributed by atoms with Gasteiger partial charge in [0.1, 0.15) is 11.5 Å². The molecule has 0 atom stereocenters. The Kier molecular flexibility index (Phi) is 6.42. The van der Waals surface area contributed by atoms with Crippen molar-refractivity contribution in [3.05, 3.63) is 58.6 Å². The van der Waals surface area contributed by atoms with Gasteiger partial charge in [-0.3, -0.25) is 0 Å². The average Bonchev–Trinajstić information content (AvgIpc) is 2.53. The number of carbonyl (C=O) groups excluding carboxylic acids is 2. The molecule has 0 aromatic heterocycles. The first-order valence-electron chi connectivity index (χ1n) is 7.76. The van der Waals surface area contributed by atoms with E-state index in [2.05, 4.69) is 0 Å². The van der Waals surface area contributed by atoms with Gasteiger partial charge < -0.3 is 14.2 Å². The third-order valence-electron chi connectivity index (χ3n) is 3.13. The van der Waals surface area contributed by atoms with Gasteiger partial charge in [0.05, 0.1) is 11.7 Å². The molecule has 6 heteroatoms. The highest BCUT2D eigenvalue weighted by Crippen LogP contribution is 2.22. The van der Waals surface area contributed by atoms with Crippen LogP contribution in [0.2, 0.25) is 5.02 Å². The molecule has 0 fully saturated rings. The summed E-state index contributed by atoms with van der Waals surface area (Å²) in [6.07, 6.45) is -0.227. The van der Waals surface area contributed by atoms with Gasteiger partial charge >= 0.3 is 11.9 Å². The van der Waals surface area contributed by atoms with Crippen molar-refractivity contribution in [1.29, 1.82) is 0 Å². The fourth-order valence-corrected chi connectivity index (χ4v) is 2.27. The van der Waals surface area contributed by atoms with Crippen LogP contribution in [-0.2, 0) is 9.53 Å². The van der Waals surface area contributed by atoms with Crippen molar-refractivity contribution >= 4 is 23.5 Å². The smallest absolute Gasteiger partial charge is 0.349 e. The molecule has 0 saturated heterocycles. The van der Waals surface area contributed by atoms with Gasteiger partial charge in [0, 0.05) is 5.02 Å². The number of rotatable bonds is 6. The van der Waals surface area contributed by atoms with Gasteiger partial charge in [0.25, 0.3) is 0 Å². The molecule has 0 N–H and O–H groups in total. The summed E-state index contributed by atoms with van der Waals surface area (Å²) in [5.74, 6) is -0.250. The largest absolute Gasteiger partial charge is 0.482 e. The lowest BCUT2D eigenvalue weighted by molar-refractivity contribution is -0.136. The predicted molar refractivity (Wildman–Crippen MR) is 94.3 cm³/mol. The van der Waals surface area contributed by atoms with Gasteiger partial charge in [-0.1, -0.05) is 17.7 Å². The summed E-state index contributed by atoms with van der Waals surface area (Å²) in [4.78, 5) is 23.8. The van der Waals surface area contributed by atoms with Crippen molar-refractivity contribution in [3.8, 4) is 11.5 Å². The van der Waals surface area contributed by atoms with E-state index in [1.807, 2.05) is 6.92 Å². The highest BCUT2D eigenvalue weighted by molar-refractivity contribution is 6.30. The normalized spacial score (nSPS) is 10.4. The minimum Gasteiger partial charge on any atom is -0.482 e. The maximum atomic E-state index is 11.9. The standard InChI is InChI=1S/C19H19ClO5/c1-12(2)24-19(22)14-5-4-6-16(10-14)25-18(21)11-23-17-8-7-15(20)9-13(17)3/h4-10,12H,11H2,1-3H3. The zero-order valence-electron chi connectivity index (χ0n) is 14.2. The maximum absolute atomic E-state index is 11.9. The molecule has 0 bridgehead atoms. The van der Waals surface area contributed by atoms with Crippen molar-refractivity contribution in [2.45, 2.75) is 26.9 Å². The van der Waals surface area contributed by atoms with Crippen LogP contribution in [0.1, 0.15) is 29.8 Å². The molecule has 0 radical (unpaired) electrons. The average molecular weight is 363 g/mol. The molecule has 0 aliphatic heterocycles. The molecule has 2 aromatic rings. The molecule has 0 aliphatic rings. The summed E-state index contributed by atoms with van der Waals surface area (Å²) in [5, 5.41) is 0.595. The molecule has 0 spiro atoms. The summed E-state index contributed by atoms with van der Waals surface area (Å²) in [6.45, 7) is 5.09. The SMILES string of the molecule is Cc1cc(Cl)ccc1OCC(=O)Oc1cccc(C(=O)OC(C)C)c1. The quantitative estimate of drug-likeness (QED) is 0.569. The number of hydrogen-bond donors (Lipinski definition) is 0. The van der Waals surface area contributed by atoms with Crippen LogP contribution in [0.3, 0.4) is 0 Å². The van der Waals surface area contributed by atoms with Gasteiger partial charge in [-0.2, -0.15) is 0 Å². The third-order valence-corrected chi connectivity index (χ3v) is 3.36. The molecule has 0 heterocycles. The van der Waals surface area contributed by atoms with Crippen LogP contribution >= 0.6 is 11.6 Å². The molecule has 5 nitrogen and oxygen atoms in total. The van der Waals surface area contributed by atoms with Gasteiger partial charge in [0.2, 0.25) is 0 Å². The van der Waals surface area contributed by atoms with Crippen molar-refractivity contribution < 1.29 is 23.8 Å². The number of aryl methyl sites for hydroxylation is 1. The Morgan fingerprint density at radius 3 is 2.56 bits per heavy atom. The number of halogens is 1. The number of esters is 2. The first kappa shape index (κ1) is 18.8. The summed E-state index contributed by atoms with van der Waals surface area (Å²) in [6, 6.07) is 11.4. The van der Waals surface area contributed by atoms with Gasteiger partial charge in [-0.05, 0) is 62.7 Å². The Balaban J connectivity index is 1.95. The van der Waals surface area contributed by atoms with E-state index in [1.54, 1.807) is 50.2 Å². The Morgan fingerprint density at radius 2 is 1.88 bits per heavy atom. The molecule has 0 amide bonds. The van der Waals surface area contributed by atoms with Gasteiger partial charge in [0.15, 0.2) is 6.61 Å². The lowest BCUT2D eigenvalue weighted by atomic mass is 10.2. The van der Waals surface area contributed by atoms with E-state index in [-0.39, 0.29) is 18.5 Å². The molecular weight excluding hydrogens is 344 g/mol. The third kappa shape index (κ3) is 5.80. The molecule has 0 unspecified atom stereocenters. The Hall–Kier alpha value is -2.53. The van der Waals surface area contributed by atoms with E-state index in [1.165, 1.54) is 6.07 Å². The number of benzene rings is 2. The monoisotopic (exact) mass is 362 g/mol. The van der Waals surface area contributed by atoms with Crippen LogP contribution in [-0.4, -0.2) is 24.6 Å². The van der Waals surface area contributed by atoms with Crippen molar-refractivity contribution in [2.24, 2.45) is 0 Å². The summed E-state index contributed by atoms with van der Waals surface area (Å²) < 4.78 is 15.7.